The first-order chi connectivity index (χ1) is 12.3. The van der Waals surface area contributed by atoms with Crippen molar-refractivity contribution in [1.82, 2.24) is 15.5 Å². The molecule has 1 aromatic rings. The van der Waals surface area contributed by atoms with Gasteiger partial charge in [-0.2, -0.15) is 0 Å². The standard InChI is InChI=1S/C20H31N3O2S/c1-20(2,3)22-19(25)23-12-9-16(10-13-23)15-21-18(24)11-14-26-17-7-5-4-6-8-17/h4-8,16H,9-15H2,1-3H3,(H,21,24)(H,22,25). The zero-order chi connectivity index (χ0) is 19.0. The van der Waals surface area contributed by atoms with Crippen molar-refractivity contribution >= 4 is 23.7 Å². The fourth-order valence-electron chi connectivity index (χ4n) is 2.86. The maximum absolute atomic E-state index is 12.2. The van der Waals surface area contributed by atoms with Crippen LogP contribution in [0.3, 0.4) is 0 Å². The Bertz CT molecular complexity index is 578. The van der Waals surface area contributed by atoms with Crippen LogP contribution in [0.2, 0.25) is 0 Å². The Morgan fingerprint density at radius 3 is 2.42 bits per heavy atom. The summed E-state index contributed by atoms with van der Waals surface area (Å²) in [6.45, 7) is 8.19. The average Bonchev–Trinajstić information content (AvgIpc) is 2.60. The fourth-order valence-corrected chi connectivity index (χ4v) is 3.74. The van der Waals surface area contributed by atoms with Gasteiger partial charge in [0, 0.05) is 42.2 Å². The van der Waals surface area contributed by atoms with E-state index in [2.05, 4.69) is 22.8 Å². The number of hydrogen-bond donors (Lipinski definition) is 2. The molecule has 0 radical (unpaired) electrons. The minimum Gasteiger partial charge on any atom is -0.356 e. The topological polar surface area (TPSA) is 61.4 Å². The summed E-state index contributed by atoms with van der Waals surface area (Å²) in [7, 11) is 0. The number of rotatable bonds is 6. The molecule has 1 aromatic carbocycles. The third kappa shape index (κ3) is 7.68. The molecular weight excluding hydrogens is 346 g/mol. The first-order valence-electron chi connectivity index (χ1n) is 9.35. The number of benzene rings is 1. The number of hydrogen-bond acceptors (Lipinski definition) is 3. The van der Waals surface area contributed by atoms with Crippen LogP contribution in [0.25, 0.3) is 0 Å². The Morgan fingerprint density at radius 2 is 1.81 bits per heavy atom. The fraction of sp³-hybridized carbons (Fsp3) is 0.600. The van der Waals surface area contributed by atoms with E-state index in [1.54, 1.807) is 11.8 Å². The van der Waals surface area contributed by atoms with Crippen molar-refractivity contribution in [2.24, 2.45) is 5.92 Å². The summed E-state index contributed by atoms with van der Waals surface area (Å²) in [6, 6.07) is 10.2. The first kappa shape index (κ1) is 20.6. The van der Waals surface area contributed by atoms with Crippen LogP contribution in [0.15, 0.2) is 35.2 Å². The Balaban J connectivity index is 1.59. The van der Waals surface area contributed by atoms with Crippen LogP contribution in [-0.2, 0) is 4.79 Å². The molecule has 6 heteroatoms. The van der Waals surface area contributed by atoms with Crippen molar-refractivity contribution in [3.05, 3.63) is 30.3 Å². The van der Waals surface area contributed by atoms with Crippen molar-refractivity contribution in [3.63, 3.8) is 0 Å². The molecule has 2 N–H and O–H groups in total. The zero-order valence-electron chi connectivity index (χ0n) is 16.1. The second-order valence-corrected chi connectivity index (χ2v) is 8.99. The summed E-state index contributed by atoms with van der Waals surface area (Å²) in [6.07, 6.45) is 2.42. The largest absolute Gasteiger partial charge is 0.356 e. The first-order valence-corrected chi connectivity index (χ1v) is 10.3. The molecule has 1 fully saturated rings. The molecule has 0 saturated carbocycles. The second kappa shape index (κ2) is 9.86. The van der Waals surface area contributed by atoms with E-state index in [0.29, 0.717) is 18.9 Å². The lowest BCUT2D eigenvalue weighted by molar-refractivity contribution is -0.120. The molecule has 0 aliphatic carbocycles. The number of nitrogens with zero attached hydrogens (tertiary/aromatic N) is 1. The van der Waals surface area contributed by atoms with Crippen LogP contribution in [0.4, 0.5) is 4.79 Å². The zero-order valence-corrected chi connectivity index (χ0v) is 16.9. The van der Waals surface area contributed by atoms with Gasteiger partial charge >= 0.3 is 6.03 Å². The molecule has 0 bridgehead atoms. The van der Waals surface area contributed by atoms with Gasteiger partial charge in [0.15, 0.2) is 0 Å². The van der Waals surface area contributed by atoms with Crippen molar-refractivity contribution in [2.45, 2.75) is 50.5 Å². The highest BCUT2D eigenvalue weighted by Gasteiger charge is 2.25. The lowest BCUT2D eigenvalue weighted by Crippen LogP contribution is -2.51. The number of amides is 3. The minimum atomic E-state index is -0.209. The molecule has 0 aromatic heterocycles. The van der Waals surface area contributed by atoms with Crippen LogP contribution in [-0.4, -0.2) is 47.8 Å². The maximum Gasteiger partial charge on any atom is 0.317 e. The quantitative estimate of drug-likeness (QED) is 0.746. The predicted molar refractivity (Wildman–Crippen MR) is 107 cm³/mol. The van der Waals surface area contributed by atoms with Crippen LogP contribution in [0.5, 0.6) is 0 Å². The SMILES string of the molecule is CC(C)(C)NC(=O)N1CCC(CNC(=O)CCSc2ccccc2)CC1. The minimum absolute atomic E-state index is 0.0120. The normalized spacial score (nSPS) is 15.6. The number of likely N-dealkylation sites (tertiary alicyclic amines) is 1. The van der Waals surface area contributed by atoms with E-state index in [0.717, 1.165) is 31.7 Å². The number of urea groups is 1. The van der Waals surface area contributed by atoms with E-state index in [1.807, 2.05) is 43.9 Å². The number of thioether (sulfide) groups is 1. The van der Waals surface area contributed by atoms with Gasteiger partial charge in [0.2, 0.25) is 5.91 Å². The Hall–Kier alpha value is -1.69. The highest BCUT2D eigenvalue weighted by Crippen LogP contribution is 2.19. The average molecular weight is 378 g/mol. The van der Waals surface area contributed by atoms with Crippen molar-refractivity contribution in [1.29, 1.82) is 0 Å². The number of nitrogens with one attached hydrogen (secondary N) is 2. The third-order valence-corrected chi connectivity index (χ3v) is 5.33. The molecule has 5 nitrogen and oxygen atoms in total. The van der Waals surface area contributed by atoms with E-state index in [1.165, 1.54) is 4.90 Å². The molecule has 0 unspecified atom stereocenters. The van der Waals surface area contributed by atoms with Gasteiger partial charge in [-0.15, -0.1) is 11.8 Å². The van der Waals surface area contributed by atoms with E-state index < -0.39 is 0 Å². The van der Waals surface area contributed by atoms with Crippen LogP contribution >= 0.6 is 11.8 Å². The Labute approximate surface area is 161 Å². The van der Waals surface area contributed by atoms with E-state index in [9.17, 15) is 9.59 Å². The summed E-state index contributed by atoms with van der Waals surface area (Å²) >= 11 is 1.71. The van der Waals surface area contributed by atoms with Gasteiger partial charge in [-0.3, -0.25) is 4.79 Å². The van der Waals surface area contributed by atoms with Gasteiger partial charge in [0.25, 0.3) is 0 Å². The van der Waals surface area contributed by atoms with Gasteiger partial charge in [0.05, 0.1) is 0 Å². The number of piperidine rings is 1. The summed E-state index contributed by atoms with van der Waals surface area (Å²) in [4.78, 5) is 27.2. The summed E-state index contributed by atoms with van der Waals surface area (Å²) in [5.74, 6) is 1.36. The van der Waals surface area contributed by atoms with Crippen molar-refractivity contribution in [3.8, 4) is 0 Å². The summed E-state index contributed by atoms with van der Waals surface area (Å²) < 4.78 is 0. The smallest absolute Gasteiger partial charge is 0.317 e. The number of carbonyl (C=O) groups is 2. The number of carbonyl (C=O) groups excluding carboxylic acids is 2. The molecule has 144 valence electrons. The molecule has 1 saturated heterocycles. The summed E-state index contributed by atoms with van der Waals surface area (Å²) in [5, 5.41) is 6.06. The van der Waals surface area contributed by atoms with Crippen LogP contribution in [0.1, 0.15) is 40.0 Å². The van der Waals surface area contributed by atoms with Crippen molar-refractivity contribution in [2.75, 3.05) is 25.4 Å². The van der Waals surface area contributed by atoms with E-state index in [4.69, 9.17) is 0 Å². The molecule has 2 rings (SSSR count). The Kier molecular flexibility index (Phi) is 7.82. The lowest BCUT2D eigenvalue weighted by atomic mass is 9.97. The predicted octanol–water partition coefficient (Wildman–Crippen LogP) is 3.51. The molecule has 0 atom stereocenters. The van der Waals surface area contributed by atoms with Crippen LogP contribution in [0, 0.1) is 5.92 Å². The Morgan fingerprint density at radius 1 is 1.15 bits per heavy atom. The molecular formula is C20H31N3O2S. The lowest BCUT2D eigenvalue weighted by Gasteiger charge is -2.34. The molecule has 1 heterocycles. The third-order valence-electron chi connectivity index (χ3n) is 4.31. The molecule has 1 aliphatic heterocycles. The molecule has 3 amide bonds. The molecule has 1 aliphatic rings. The van der Waals surface area contributed by atoms with Gasteiger partial charge < -0.3 is 15.5 Å². The van der Waals surface area contributed by atoms with Crippen molar-refractivity contribution < 1.29 is 9.59 Å². The van der Waals surface area contributed by atoms with Crippen LogP contribution < -0.4 is 10.6 Å². The summed E-state index contributed by atoms with van der Waals surface area (Å²) in [5.41, 5.74) is -0.209. The molecule has 0 spiro atoms. The van der Waals surface area contributed by atoms with E-state index in [-0.39, 0.29) is 17.5 Å². The van der Waals surface area contributed by atoms with Gasteiger partial charge in [0.1, 0.15) is 0 Å². The monoisotopic (exact) mass is 377 g/mol. The van der Waals surface area contributed by atoms with Gasteiger partial charge in [-0.05, 0) is 51.7 Å². The highest BCUT2D eigenvalue weighted by molar-refractivity contribution is 7.99. The van der Waals surface area contributed by atoms with Gasteiger partial charge in [-0.25, -0.2) is 4.79 Å². The highest BCUT2D eigenvalue weighted by atomic mass is 32.2. The molecule has 26 heavy (non-hydrogen) atoms. The second-order valence-electron chi connectivity index (χ2n) is 7.83. The van der Waals surface area contributed by atoms with E-state index >= 15 is 0 Å². The maximum atomic E-state index is 12.2. The van der Waals surface area contributed by atoms with Gasteiger partial charge in [-0.1, -0.05) is 18.2 Å².